The SMILES string of the molecule is CC(CCCC1(O)OC2CC3C4CC=C5CC(OC6OC(CO)C(OC7OC(C)C(O)C(O)C7O)C(O)C6OC6OC(C)C(O)C(O)C6O)CCC5(C)C4CCC3(C)C2C1C)COC1OC(CO)C(O)C(O)C1O. The van der Waals surface area contributed by atoms with Crippen LogP contribution in [0, 0.1) is 46.3 Å². The second kappa shape index (κ2) is 22.4. The lowest BCUT2D eigenvalue weighted by molar-refractivity contribution is -0.388. The lowest BCUT2D eigenvalue weighted by Crippen LogP contribution is -2.66. The van der Waals surface area contributed by atoms with E-state index in [1.807, 2.05) is 6.92 Å². The van der Waals surface area contributed by atoms with Crippen molar-refractivity contribution in [2.75, 3.05) is 19.8 Å². The Kier molecular flexibility index (Phi) is 17.4. The Balaban J connectivity index is 0.832. The van der Waals surface area contributed by atoms with Gasteiger partial charge in [-0.2, -0.15) is 0 Å². The quantitative estimate of drug-likeness (QED) is 0.0823. The van der Waals surface area contributed by atoms with Crippen LogP contribution in [0.5, 0.6) is 0 Å². The van der Waals surface area contributed by atoms with Gasteiger partial charge in [-0.3, -0.25) is 0 Å². The summed E-state index contributed by atoms with van der Waals surface area (Å²) >= 11 is 0. The molecule has 0 amide bonds. The van der Waals surface area contributed by atoms with E-state index in [1.54, 1.807) is 0 Å². The Morgan fingerprint density at radius 2 is 1.24 bits per heavy atom. The van der Waals surface area contributed by atoms with Crippen molar-refractivity contribution in [3.8, 4) is 0 Å². The van der Waals surface area contributed by atoms with E-state index in [0.29, 0.717) is 49.9 Å². The molecule has 0 spiro atoms. The minimum atomic E-state index is -1.75. The molecule has 9 aliphatic rings. The third-order valence-electron chi connectivity index (χ3n) is 19.7. The van der Waals surface area contributed by atoms with E-state index in [2.05, 4.69) is 26.8 Å². The van der Waals surface area contributed by atoms with Crippen molar-refractivity contribution in [3.05, 3.63) is 11.6 Å². The van der Waals surface area contributed by atoms with E-state index in [0.717, 1.165) is 32.1 Å². The molecule has 0 bridgehead atoms. The molecule has 22 heteroatoms. The fraction of sp³-hybridized carbons (Fsp3) is 0.962. The van der Waals surface area contributed by atoms with E-state index in [-0.39, 0.29) is 41.3 Å². The van der Waals surface area contributed by atoms with Crippen molar-refractivity contribution in [1.82, 2.24) is 0 Å². The van der Waals surface area contributed by atoms with Gasteiger partial charge in [-0.25, -0.2) is 0 Å². The molecule has 3 saturated carbocycles. The van der Waals surface area contributed by atoms with E-state index < -0.39 is 148 Å². The zero-order chi connectivity index (χ0) is 53.5. The average molecular weight is 1060 g/mol. The molecule has 0 radical (unpaired) electrons. The van der Waals surface area contributed by atoms with Crippen molar-refractivity contribution in [2.45, 2.75) is 247 Å². The number of aliphatic hydroxyl groups is 13. The summed E-state index contributed by atoms with van der Waals surface area (Å²) in [6, 6.07) is 0. The molecule has 31 unspecified atom stereocenters. The Morgan fingerprint density at radius 1 is 0.649 bits per heavy atom. The van der Waals surface area contributed by atoms with E-state index >= 15 is 0 Å². The summed E-state index contributed by atoms with van der Waals surface area (Å²) in [5, 5.41) is 138. The predicted octanol–water partition coefficient (Wildman–Crippen LogP) is -1.59. The number of fused-ring (bicyclic) bond motifs is 7. The molecule has 22 nitrogen and oxygen atoms in total. The maximum Gasteiger partial charge on any atom is 0.187 e. The lowest BCUT2D eigenvalue weighted by Gasteiger charge is -2.58. The van der Waals surface area contributed by atoms with Gasteiger partial charge in [-0.05, 0) is 112 Å². The molecule has 13 N–H and O–H groups in total. The first-order valence-electron chi connectivity index (χ1n) is 27.3. The number of rotatable bonds is 15. The first kappa shape index (κ1) is 57.5. The van der Waals surface area contributed by atoms with Crippen LogP contribution < -0.4 is 0 Å². The Labute approximate surface area is 432 Å². The minimum Gasteiger partial charge on any atom is -0.394 e. The van der Waals surface area contributed by atoms with Gasteiger partial charge < -0.3 is 109 Å². The van der Waals surface area contributed by atoms with Crippen molar-refractivity contribution < 1.29 is 109 Å². The zero-order valence-electron chi connectivity index (χ0n) is 43.4. The standard InChI is InChI=1S/C52H86O22/c1-21(20-66-46-40(61)39(60)36(57)31(18-53)70-46)8-7-13-52(65)22(2)33-30(74-52)17-29-27-10-9-25-16-26(11-14-50(25,5)28(27)12-15-51(29,33)6)69-49-45(73-48-42(63)38(59)35(56)24(4)68-48)43(64)44(32(19-54)71-49)72-47-41(62)37(58)34(55)23(3)67-47/h9,21-24,26-49,53-65H,7-8,10-20H2,1-6H3. The van der Waals surface area contributed by atoms with Crippen LogP contribution in [0.25, 0.3) is 0 Å². The Morgan fingerprint density at radius 3 is 1.88 bits per heavy atom. The second-order valence-electron chi connectivity index (χ2n) is 24.2. The highest BCUT2D eigenvalue weighted by molar-refractivity contribution is 5.26. The molecule has 5 heterocycles. The van der Waals surface area contributed by atoms with Crippen LogP contribution in [0.4, 0.5) is 0 Å². The molecule has 8 fully saturated rings. The monoisotopic (exact) mass is 1060 g/mol. The van der Waals surface area contributed by atoms with Crippen LogP contribution >= 0.6 is 0 Å². The number of ether oxygens (including phenoxy) is 9. The van der Waals surface area contributed by atoms with Crippen molar-refractivity contribution in [1.29, 1.82) is 0 Å². The summed E-state index contributed by atoms with van der Waals surface area (Å²) < 4.78 is 54.6. The molecule has 5 saturated heterocycles. The second-order valence-corrected chi connectivity index (χ2v) is 24.2. The van der Waals surface area contributed by atoms with Crippen LogP contribution in [0.3, 0.4) is 0 Å². The minimum absolute atomic E-state index is 0.0164. The van der Waals surface area contributed by atoms with Crippen LogP contribution in [-0.2, 0) is 42.6 Å². The van der Waals surface area contributed by atoms with Gasteiger partial charge in [-0.1, -0.05) is 39.3 Å². The van der Waals surface area contributed by atoms with Crippen molar-refractivity contribution in [3.63, 3.8) is 0 Å². The van der Waals surface area contributed by atoms with Gasteiger partial charge in [0.05, 0.1) is 44.2 Å². The highest BCUT2D eigenvalue weighted by Gasteiger charge is 2.68. The summed E-state index contributed by atoms with van der Waals surface area (Å²) in [6.07, 6.45) is -19.3. The summed E-state index contributed by atoms with van der Waals surface area (Å²) in [7, 11) is 0. The predicted molar refractivity (Wildman–Crippen MR) is 253 cm³/mol. The van der Waals surface area contributed by atoms with Crippen molar-refractivity contribution >= 4 is 0 Å². The van der Waals surface area contributed by atoms with Gasteiger partial charge in [0, 0.05) is 12.3 Å². The molecular formula is C52H86O22. The fourth-order valence-electron chi connectivity index (χ4n) is 15.2. The summed E-state index contributed by atoms with van der Waals surface area (Å²) in [5.41, 5.74) is 1.11. The van der Waals surface area contributed by atoms with Crippen LogP contribution in [-0.4, -0.2) is 227 Å². The van der Waals surface area contributed by atoms with E-state index in [1.165, 1.54) is 19.4 Å². The summed E-state index contributed by atoms with van der Waals surface area (Å²) in [4.78, 5) is 0. The average Bonchev–Trinajstić information content (AvgIpc) is 3.81. The first-order valence-corrected chi connectivity index (χ1v) is 27.3. The third-order valence-corrected chi connectivity index (χ3v) is 19.7. The molecule has 426 valence electrons. The molecule has 0 aromatic heterocycles. The van der Waals surface area contributed by atoms with Gasteiger partial charge in [-0.15, -0.1) is 0 Å². The Hall–Kier alpha value is -1.14. The fourth-order valence-corrected chi connectivity index (χ4v) is 15.2. The summed E-state index contributed by atoms with van der Waals surface area (Å²) in [6.45, 7) is 10.8. The van der Waals surface area contributed by atoms with Crippen LogP contribution in [0.15, 0.2) is 11.6 Å². The van der Waals surface area contributed by atoms with Gasteiger partial charge in [0.25, 0.3) is 0 Å². The summed E-state index contributed by atoms with van der Waals surface area (Å²) in [5.74, 6) is 0.0273. The van der Waals surface area contributed by atoms with Crippen LogP contribution in [0.1, 0.15) is 106 Å². The number of hydrogen-bond donors (Lipinski definition) is 13. The normalized spacial score (nSPS) is 54.9. The maximum absolute atomic E-state index is 12.1. The van der Waals surface area contributed by atoms with E-state index in [4.69, 9.17) is 42.6 Å². The Bertz CT molecular complexity index is 1920. The topological polar surface area (TPSA) is 346 Å². The molecule has 4 aliphatic carbocycles. The van der Waals surface area contributed by atoms with Gasteiger partial charge >= 0.3 is 0 Å². The largest absolute Gasteiger partial charge is 0.394 e. The lowest BCUT2D eigenvalue weighted by atomic mass is 9.47. The highest BCUT2D eigenvalue weighted by atomic mass is 16.8. The van der Waals surface area contributed by atoms with Gasteiger partial charge in [0.2, 0.25) is 0 Å². The molecular weight excluding hydrogens is 977 g/mol. The number of aliphatic hydroxyl groups excluding tert-OH is 12. The molecule has 0 aromatic rings. The molecule has 31 atom stereocenters. The molecule has 9 rings (SSSR count). The zero-order valence-corrected chi connectivity index (χ0v) is 43.4. The number of allylic oxidation sites excluding steroid dienone is 1. The van der Waals surface area contributed by atoms with Gasteiger partial charge in [0.1, 0.15) is 85.5 Å². The first-order chi connectivity index (χ1) is 35.0. The van der Waals surface area contributed by atoms with Crippen LogP contribution in [0.2, 0.25) is 0 Å². The number of hydrogen-bond acceptors (Lipinski definition) is 22. The molecule has 74 heavy (non-hydrogen) atoms. The molecule has 5 aliphatic heterocycles. The smallest absolute Gasteiger partial charge is 0.187 e. The molecule has 0 aromatic carbocycles. The van der Waals surface area contributed by atoms with Gasteiger partial charge in [0.15, 0.2) is 30.9 Å². The highest BCUT2D eigenvalue weighted by Crippen LogP contribution is 2.70. The third kappa shape index (κ3) is 10.3. The van der Waals surface area contributed by atoms with E-state index in [9.17, 15) is 66.4 Å². The van der Waals surface area contributed by atoms with Crippen molar-refractivity contribution in [2.24, 2.45) is 46.3 Å². The maximum atomic E-state index is 12.1.